The maximum Gasteiger partial charge on any atom is 0.417 e. The van der Waals surface area contributed by atoms with Crippen molar-refractivity contribution in [1.29, 1.82) is 0 Å². The summed E-state index contributed by atoms with van der Waals surface area (Å²) in [4.78, 5) is 36.1. The van der Waals surface area contributed by atoms with E-state index < -0.39 is 58.7 Å². The van der Waals surface area contributed by atoms with Crippen LogP contribution in [0.3, 0.4) is 0 Å². The summed E-state index contributed by atoms with van der Waals surface area (Å²) in [5, 5.41) is 14.5. The minimum atomic E-state index is -4.99. The summed E-state index contributed by atoms with van der Waals surface area (Å²) in [7, 11) is 0. The van der Waals surface area contributed by atoms with Crippen LogP contribution in [-0.4, -0.2) is 68.7 Å². The van der Waals surface area contributed by atoms with E-state index in [0.717, 1.165) is 20.0 Å². The molecule has 8 nitrogen and oxygen atoms in total. The van der Waals surface area contributed by atoms with E-state index in [0.29, 0.717) is 36.7 Å². The van der Waals surface area contributed by atoms with Crippen molar-refractivity contribution in [3.63, 3.8) is 0 Å². The van der Waals surface area contributed by atoms with Gasteiger partial charge in [0.15, 0.2) is 5.01 Å². The van der Waals surface area contributed by atoms with Crippen LogP contribution >= 0.6 is 11.3 Å². The van der Waals surface area contributed by atoms with Crippen LogP contribution in [0.25, 0.3) is 10.4 Å². The Morgan fingerprint density at radius 2 is 1.74 bits per heavy atom. The summed E-state index contributed by atoms with van der Waals surface area (Å²) in [6.45, 7) is 7.49. The van der Waals surface area contributed by atoms with Crippen molar-refractivity contribution in [3.8, 4) is 10.4 Å². The molecule has 0 bridgehead atoms. The number of carbonyl (C=O) groups is 2. The van der Waals surface area contributed by atoms with E-state index in [1.807, 2.05) is 13.8 Å². The average molecular weight is 624 g/mol. The van der Waals surface area contributed by atoms with Crippen molar-refractivity contribution in [3.05, 3.63) is 28.5 Å². The smallest absolute Gasteiger partial charge is 0.389 e. The number of hydrogen-bond acceptors (Lipinski definition) is 7. The highest BCUT2D eigenvalue weighted by molar-refractivity contribution is 7.17. The van der Waals surface area contributed by atoms with Crippen LogP contribution in [0, 0.1) is 5.41 Å². The lowest BCUT2D eigenvalue weighted by molar-refractivity contribution is -0.206. The number of carbonyl (C=O) groups excluding carboxylic acids is 2. The minimum absolute atomic E-state index is 0.168. The molecular weight excluding hydrogens is 588 g/mol. The van der Waals surface area contributed by atoms with Gasteiger partial charge in [0.2, 0.25) is 0 Å². The Bertz CT molecular complexity index is 1300. The molecule has 2 amide bonds. The molecule has 0 aliphatic carbocycles. The lowest BCUT2D eigenvalue weighted by Crippen LogP contribution is -2.40. The highest BCUT2D eigenvalue weighted by Gasteiger charge is 2.47. The largest absolute Gasteiger partial charge is 0.417 e. The Kier molecular flexibility index (Phi) is 9.57. The molecule has 234 valence electrons. The molecule has 0 aromatic carbocycles. The number of halogens is 6. The molecule has 42 heavy (non-hydrogen) atoms. The number of aromatic nitrogens is 2. The minimum Gasteiger partial charge on any atom is -0.389 e. The van der Waals surface area contributed by atoms with Gasteiger partial charge >= 0.3 is 12.4 Å². The maximum atomic E-state index is 14.4. The van der Waals surface area contributed by atoms with E-state index in [4.69, 9.17) is 0 Å². The zero-order valence-corrected chi connectivity index (χ0v) is 24.9. The van der Waals surface area contributed by atoms with Gasteiger partial charge in [-0.2, -0.15) is 26.3 Å². The van der Waals surface area contributed by atoms with E-state index >= 15 is 0 Å². The van der Waals surface area contributed by atoms with Crippen molar-refractivity contribution < 1.29 is 41.0 Å². The lowest BCUT2D eigenvalue weighted by Gasteiger charge is -2.28. The number of anilines is 1. The van der Waals surface area contributed by atoms with Gasteiger partial charge in [-0.25, -0.2) is 9.97 Å². The zero-order valence-electron chi connectivity index (χ0n) is 24.1. The molecular formula is C27H35F6N5O3S. The summed E-state index contributed by atoms with van der Waals surface area (Å²) < 4.78 is 82.9. The molecule has 3 rings (SSSR count). The Labute approximate surface area is 243 Å². The maximum absolute atomic E-state index is 14.4. The van der Waals surface area contributed by atoms with Crippen LogP contribution in [-0.2, 0) is 6.18 Å². The van der Waals surface area contributed by atoms with Gasteiger partial charge in [0.05, 0.1) is 21.5 Å². The highest BCUT2D eigenvalue weighted by Crippen LogP contribution is 2.43. The first-order chi connectivity index (χ1) is 19.2. The SMILES string of the molecule is CCC1CCC(C)N1C(=O)c1nc(C(=O)NCC(C)(C)O)sc1-c1cnc(NCC(C)(C)C(F)(F)F)cc1C(F)(F)F. The molecule has 3 N–H and O–H groups in total. The number of hydrogen-bond donors (Lipinski definition) is 3. The van der Waals surface area contributed by atoms with Gasteiger partial charge in [0.1, 0.15) is 11.5 Å². The third-order valence-corrected chi connectivity index (χ3v) is 8.22. The van der Waals surface area contributed by atoms with Crippen molar-refractivity contribution in [1.82, 2.24) is 20.2 Å². The normalized spacial score (nSPS) is 18.4. The van der Waals surface area contributed by atoms with Gasteiger partial charge < -0.3 is 20.6 Å². The summed E-state index contributed by atoms with van der Waals surface area (Å²) >= 11 is 0.564. The van der Waals surface area contributed by atoms with E-state index in [-0.39, 0.29) is 34.2 Å². The van der Waals surface area contributed by atoms with Gasteiger partial charge in [-0.1, -0.05) is 6.92 Å². The van der Waals surface area contributed by atoms with Crippen molar-refractivity contribution in [2.75, 3.05) is 18.4 Å². The first kappa shape index (κ1) is 33.6. The van der Waals surface area contributed by atoms with Gasteiger partial charge in [0.25, 0.3) is 11.8 Å². The number of nitrogens with one attached hydrogen (secondary N) is 2. The number of likely N-dealkylation sites (tertiary alicyclic amines) is 1. The first-order valence-corrected chi connectivity index (χ1v) is 14.2. The summed E-state index contributed by atoms with van der Waals surface area (Å²) in [5.74, 6) is -1.87. The Morgan fingerprint density at radius 1 is 1.10 bits per heavy atom. The van der Waals surface area contributed by atoms with Gasteiger partial charge in [-0.3, -0.25) is 9.59 Å². The monoisotopic (exact) mass is 623 g/mol. The molecule has 2 atom stereocenters. The fourth-order valence-electron chi connectivity index (χ4n) is 4.46. The molecule has 2 aromatic rings. The Hall–Kier alpha value is -2.94. The second-order valence-corrected chi connectivity index (χ2v) is 12.7. The summed E-state index contributed by atoms with van der Waals surface area (Å²) in [6, 6.07) is 0.198. The fraction of sp³-hybridized carbons (Fsp3) is 0.630. The molecule has 1 saturated heterocycles. The Balaban J connectivity index is 2.12. The van der Waals surface area contributed by atoms with Crippen LogP contribution in [0.5, 0.6) is 0 Å². The van der Waals surface area contributed by atoms with Crippen molar-refractivity contribution in [2.24, 2.45) is 5.41 Å². The number of thiazole rings is 1. The third kappa shape index (κ3) is 7.52. The molecule has 2 unspecified atom stereocenters. The standard InChI is InChI=1S/C27H35F6N5O3S/c1-7-15-9-8-14(2)38(15)23(40)19-20(42-22(37-19)21(39)36-13-25(5,6)41)16-11-34-18(10-17(16)26(28,29)30)35-12-24(3,4)27(31,32)33/h10-11,14-15,41H,7-9,12-13H2,1-6H3,(H,34,35)(H,36,39). The van der Waals surface area contributed by atoms with Crippen LogP contribution in [0.1, 0.15) is 86.7 Å². The molecule has 3 heterocycles. The third-order valence-electron chi connectivity index (χ3n) is 7.13. The van der Waals surface area contributed by atoms with Crippen molar-refractivity contribution >= 4 is 29.0 Å². The zero-order chi connectivity index (χ0) is 31.8. The average Bonchev–Trinajstić information content (AvgIpc) is 3.48. The Morgan fingerprint density at radius 3 is 2.29 bits per heavy atom. The molecule has 1 fully saturated rings. The summed E-state index contributed by atoms with van der Waals surface area (Å²) in [6.07, 6.45) is -6.79. The molecule has 0 saturated carbocycles. The topological polar surface area (TPSA) is 107 Å². The predicted molar refractivity (Wildman–Crippen MR) is 146 cm³/mol. The molecule has 2 aromatic heterocycles. The van der Waals surface area contributed by atoms with Crippen LogP contribution < -0.4 is 10.6 Å². The molecule has 1 aliphatic rings. The van der Waals surface area contributed by atoms with E-state index in [1.54, 1.807) is 4.90 Å². The number of amides is 2. The van der Waals surface area contributed by atoms with Gasteiger partial charge in [0, 0.05) is 36.9 Å². The van der Waals surface area contributed by atoms with E-state index in [1.165, 1.54) is 13.8 Å². The highest BCUT2D eigenvalue weighted by atomic mass is 32.1. The second-order valence-electron chi connectivity index (χ2n) is 11.7. The summed E-state index contributed by atoms with van der Waals surface area (Å²) in [5.41, 5.74) is -5.69. The van der Waals surface area contributed by atoms with E-state index in [9.17, 15) is 41.0 Å². The number of rotatable bonds is 9. The van der Waals surface area contributed by atoms with Crippen LogP contribution in [0.4, 0.5) is 32.2 Å². The fourth-order valence-corrected chi connectivity index (χ4v) is 5.45. The number of pyridine rings is 1. The number of alkyl halides is 6. The van der Waals surface area contributed by atoms with Crippen molar-refractivity contribution in [2.45, 2.75) is 90.8 Å². The van der Waals surface area contributed by atoms with Crippen LogP contribution in [0.15, 0.2) is 12.3 Å². The van der Waals surface area contributed by atoms with Gasteiger partial charge in [-0.05, 0) is 59.9 Å². The molecule has 15 heteroatoms. The number of aliphatic hydroxyl groups is 1. The first-order valence-electron chi connectivity index (χ1n) is 13.4. The van der Waals surface area contributed by atoms with Gasteiger partial charge in [-0.15, -0.1) is 11.3 Å². The second kappa shape index (κ2) is 12.0. The van der Waals surface area contributed by atoms with Crippen LogP contribution in [0.2, 0.25) is 0 Å². The quantitative estimate of drug-likeness (QED) is 0.290. The van der Waals surface area contributed by atoms with E-state index in [2.05, 4.69) is 20.6 Å². The molecule has 1 aliphatic heterocycles. The molecule has 0 spiro atoms. The number of nitrogens with zero attached hydrogens (tertiary/aromatic N) is 3. The molecule has 0 radical (unpaired) electrons. The predicted octanol–water partition coefficient (Wildman–Crippen LogP) is 6.13. The lowest BCUT2D eigenvalue weighted by atomic mass is 9.93.